The Morgan fingerprint density at radius 3 is 2.27 bits per heavy atom. The number of fused-ring (bicyclic) bond motifs is 4. The lowest BCUT2D eigenvalue weighted by Crippen LogP contribution is -2.62. The van der Waals surface area contributed by atoms with E-state index in [1.807, 2.05) is 6.07 Å². The van der Waals surface area contributed by atoms with Crippen LogP contribution in [0.4, 0.5) is 0 Å². The Hall–Kier alpha value is -3.29. The lowest BCUT2D eigenvalue weighted by Gasteiger charge is -2.59. The van der Waals surface area contributed by atoms with Gasteiger partial charge in [0.1, 0.15) is 0 Å². The van der Waals surface area contributed by atoms with Gasteiger partial charge in [-0.3, -0.25) is 4.98 Å². The van der Waals surface area contributed by atoms with Gasteiger partial charge in [-0.05, 0) is 112 Å². The summed E-state index contributed by atoms with van der Waals surface area (Å²) in [6.45, 7) is 2.11. The number of hydrogen-bond acceptors (Lipinski definition) is 7. The molecule has 7 nitrogen and oxygen atoms in total. The molecule has 7 heteroatoms. The lowest BCUT2D eigenvalue weighted by atomic mass is 9.50. The molecule has 0 saturated carbocycles. The summed E-state index contributed by atoms with van der Waals surface area (Å²) < 4.78 is 18.6. The lowest BCUT2D eigenvalue weighted by molar-refractivity contribution is -0.0265. The molecule has 2 saturated heterocycles. The van der Waals surface area contributed by atoms with Gasteiger partial charge in [0.25, 0.3) is 0 Å². The molecule has 3 aromatic rings. The van der Waals surface area contributed by atoms with Crippen molar-refractivity contribution >= 4 is 0 Å². The molecule has 3 aliphatic heterocycles. The van der Waals surface area contributed by atoms with Crippen molar-refractivity contribution in [1.29, 1.82) is 0 Å². The van der Waals surface area contributed by atoms with Crippen molar-refractivity contribution in [1.82, 2.24) is 14.8 Å². The van der Waals surface area contributed by atoms with E-state index in [4.69, 9.17) is 19.2 Å². The van der Waals surface area contributed by atoms with Gasteiger partial charge >= 0.3 is 0 Å². The number of aromatic nitrogens is 1. The van der Waals surface area contributed by atoms with Crippen LogP contribution in [0.3, 0.4) is 0 Å². The van der Waals surface area contributed by atoms with E-state index in [1.165, 1.54) is 33.5 Å². The van der Waals surface area contributed by atoms with Gasteiger partial charge in [0, 0.05) is 46.2 Å². The molecular weight excluding hydrogens is 550 g/mol. The van der Waals surface area contributed by atoms with Gasteiger partial charge in [0.05, 0.1) is 19.9 Å². The van der Waals surface area contributed by atoms with E-state index in [0.29, 0.717) is 35.4 Å². The van der Waals surface area contributed by atoms with Crippen molar-refractivity contribution < 1.29 is 19.3 Å². The smallest absolute Gasteiger partial charge is 0.166 e. The summed E-state index contributed by atoms with van der Waals surface area (Å²) in [5, 5.41) is 11.6. The first kappa shape index (κ1) is 26.0. The fourth-order valence-corrected chi connectivity index (χ4v) is 11.6. The number of likely N-dealkylation sites (tertiary alicyclic amines) is 2. The molecule has 44 heavy (non-hydrogen) atoms. The number of phenols is 1. The van der Waals surface area contributed by atoms with E-state index < -0.39 is 0 Å². The van der Waals surface area contributed by atoms with Crippen LogP contribution in [0.5, 0.6) is 23.0 Å². The first-order chi connectivity index (χ1) is 21.4. The fourth-order valence-electron chi connectivity index (χ4n) is 11.6. The number of pyridine rings is 1. The Balaban J connectivity index is 1.15. The molecule has 1 spiro atoms. The summed E-state index contributed by atoms with van der Waals surface area (Å²) >= 11 is 0. The predicted octanol–water partition coefficient (Wildman–Crippen LogP) is 4.52. The number of phenolic OH excluding ortho intramolecular Hbond substituents is 1. The zero-order chi connectivity index (χ0) is 29.7. The summed E-state index contributed by atoms with van der Waals surface area (Å²) in [4.78, 5) is 10.9. The maximum atomic E-state index is 11.6. The minimum absolute atomic E-state index is 0.0555. The number of rotatable bonds is 2. The second kappa shape index (κ2) is 8.49. The molecule has 0 radical (unpaired) electrons. The number of benzene rings is 2. The van der Waals surface area contributed by atoms with Gasteiger partial charge in [-0.2, -0.15) is 0 Å². The Bertz CT molecular complexity index is 1770. The van der Waals surface area contributed by atoms with Gasteiger partial charge in [-0.1, -0.05) is 18.2 Å². The number of hydrogen-bond donors (Lipinski definition) is 1. The molecule has 2 aromatic carbocycles. The van der Waals surface area contributed by atoms with Crippen molar-refractivity contribution in [3.05, 3.63) is 75.1 Å². The molecule has 0 amide bonds. The first-order valence-electron chi connectivity index (χ1n) is 16.6. The molecule has 0 unspecified atom stereocenters. The second-order valence-electron chi connectivity index (χ2n) is 14.9. The van der Waals surface area contributed by atoms with E-state index >= 15 is 0 Å². The fraction of sp³-hybridized carbons (Fsp3) is 0.541. The van der Waals surface area contributed by atoms with Crippen molar-refractivity contribution in [2.45, 2.75) is 74.0 Å². The number of ether oxygens (including phenoxy) is 3. The Kier molecular flexibility index (Phi) is 5.01. The Labute approximate surface area is 259 Å². The third-order valence-electron chi connectivity index (χ3n) is 13.5. The molecule has 2 fully saturated rings. The summed E-state index contributed by atoms with van der Waals surface area (Å²) in [6.07, 6.45) is 6.98. The summed E-state index contributed by atoms with van der Waals surface area (Å²) in [6, 6.07) is 12.0. The van der Waals surface area contributed by atoms with Crippen LogP contribution in [0.2, 0.25) is 0 Å². The first-order valence-corrected chi connectivity index (χ1v) is 16.6. The summed E-state index contributed by atoms with van der Waals surface area (Å²) in [7, 11) is 8.03. The number of likely N-dealkylation sites (N-methyl/N-ethyl adjacent to an activating group) is 2. The topological polar surface area (TPSA) is 67.3 Å². The predicted molar refractivity (Wildman–Crippen MR) is 166 cm³/mol. The van der Waals surface area contributed by atoms with Crippen LogP contribution in [-0.4, -0.2) is 73.4 Å². The monoisotopic (exact) mass is 591 g/mol. The zero-order valence-corrected chi connectivity index (χ0v) is 26.2. The normalized spacial score (nSPS) is 35.4. The minimum Gasteiger partial charge on any atom is -0.504 e. The van der Waals surface area contributed by atoms with Gasteiger partial charge in [-0.15, -0.1) is 0 Å². The summed E-state index contributed by atoms with van der Waals surface area (Å²) in [5.41, 5.74) is 10.2. The van der Waals surface area contributed by atoms with E-state index in [2.05, 4.69) is 48.2 Å². The highest BCUT2D eigenvalue weighted by Crippen LogP contribution is 2.67. The number of nitrogens with zero attached hydrogens (tertiary/aromatic N) is 3. The number of piperidine rings is 2. The highest BCUT2D eigenvalue weighted by Gasteiger charge is 2.65. The molecule has 4 aliphatic carbocycles. The van der Waals surface area contributed by atoms with Crippen LogP contribution in [-0.2, 0) is 42.9 Å². The average molecular weight is 592 g/mol. The van der Waals surface area contributed by atoms with Crippen LogP contribution in [0.25, 0.3) is 0 Å². The van der Waals surface area contributed by atoms with Crippen molar-refractivity contribution in [2.24, 2.45) is 11.8 Å². The molecule has 7 atom stereocenters. The van der Waals surface area contributed by atoms with Crippen LogP contribution in [0.1, 0.15) is 63.7 Å². The van der Waals surface area contributed by atoms with E-state index in [9.17, 15) is 5.11 Å². The maximum Gasteiger partial charge on any atom is 0.166 e. The molecule has 7 aliphatic rings. The van der Waals surface area contributed by atoms with Crippen molar-refractivity contribution in [3.63, 3.8) is 0 Å². The SMILES string of the molecule is COc1ccc2c(c1O)[C@]13CCN(C)[C@H](C2)[C@@H]1Cc1cc2c(nc1C3)[C@@H]1Oc3c(OC)ccc4c3[C@@]13CCN(C)[C@@H](C4)[C@@H]3C2. The Morgan fingerprint density at radius 2 is 1.50 bits per heavy atom. The number of aromatic hydroxyl groups is 1. The number of methoxy groups -OCH3 is 2. The highest BCUT2D eigenvalue weighted by atomic mass is 16.5. The average Bonchev–Trinajstić information content (AvgIpc) is 3.38. The maximum absolute atomic E-state index is 11.6. The molecule has 228 valence electrons. The molecule has 4 heterocycles. The zero-order valence-electron chi connectivity index (χ0n) is 26.2. The van der Waals surface area contributed by atoms with Gasteiger partial charge in [-0.25, -0.2) is 0 Å². The molecule has 1 N–H and O–H groups in total. The quantitative estimate of drug-likeness (QED) is 0.470. The third-order valence-corrected chi connectivity index (χ3v) is 13.5. The highest BCUT2D eigenvalue weighted by molar-refractivity contribution is 5.63. The standard InChI is InChI=1S/C37H41N3O4/c1-39-11-9-36-18-25-21(14-23(36)26(39)16-19-5-7-28(42-3)33(41)30(19)36)13-22-15-24-27-17-20-6-8-29(43-4)34-31(20)37(24,10-12-40(27)2)35(44-34)32(22)38-25/h5-8,13,23-24,26-27,35,41H,9-12,14-18H2,1-4H3/t23-,24-,26+,27-,35-,36-,37-/m0/s1. The third kappa shape index (κ3) is 2.90. The van der Waals surface area contributed by atoms with Crippen LogP contribution in [0.15, 0.2) is 30.3 Å². The Morgan fingerprint density at radius 1 is 0.818 bits per heavy atom. The van der Waals surface area contributed by atoms with E-state index in [0.717, 1.165) is 80.8 Å². The summed E-state index contributed by atoms with van der Waals surface area (Å²) in [5.74, 6) is 3.68. The van der Waals surface area contributed by atoms with Crippen molar-refractivity contribution in [3.8, 4) is 23.0 Å². The van der Waals surface area contributed by atoms with Crippen LogP contribution >= 0.6 is 0 Å². The molecule has 10 rings (SSSR count). The van der Waals surface area contributed by atoms with Gasteiger partial charge in [0.15, 0.2) is 29.1 Å². The van der Waals surface area contributed by atoms with E-state index in [-0.39, 0.29) is 16.9 Å². The largest absolute Gasteiger partial charge is 0.504 e. The minimum atomic E-state index is -0.146. The van der Waals surface area contributed by atoms with Crippen LogP contribution < -0.4 is 14.2 Å². The molecular formula is C37H41N3O4. The van der Waals surface area contributed by atoms with E-state index in [1.54, 1.807) is 14.2 Å². The van der Waals surface area contributed by atoms with Gasteiger partial charge < -0.3 is 29.1 Å². The van der Waals surface area contributed by atoms with Crippen molar-refractivity contribution in [2.75, 3.05) is 41.4 Å². The second-order valence-corrected chi connectivity index (χ2v) is 14.9. The van der Waals surface area contributed by atoms with Crippen LogP contribution in [0, 0.1) is 11.8 Å². The molecule has 4 bridgehead atoms. The van der Waals surface area contributed by atoms with Gasteiger partial charge in [0.2, 0.25) is 0 Å². The molecule has 1 aromatic heterocycles.